The van der Waals surface area contributed by atoms with E-state index in [4.69, 9.17) is 9.90 Å². The zero-order valence-corrected chi connectivity index (χ0v) is 9.51. The Morgan fingerprint density at radius 3 is 2.35 bits per heavy atom. The zero-order valence-electron chi connectivity index (χ0n) is 9.51. The molecule has 2 N–H and O–H groups in total. The minimum absolute atomic E-state index is 0.448. The number of rotatable bonds is 2. The van der Waals surface area contributed by atoms with Gasteiger partial charge in [0.25, 0.3) is 5.97 Å². The minimum atomic E-state index is -4.25. The molecule has 0 amide bonds. The largest absolute Gasteiger partial charge is 0.481 e. The summed E-state index contributed by atoms with van der Waals surface area (Å²) in [4.78, 5) is 9.00. The second-order valence-corrected chi connectivity index (χ2v) is 3.25. The summed E-state index contributed by atoms with van der Waals surface area (Å²) in [5.74, 6) is -0.833. The van der Waals surface area contributed by atoms with E-state index in [1.54, 1.807) is 13.1 Å². The molecule has 96 valence electrons. The van der Waals surface area contributed by atoms with Crippen LogP contribution in [0.25, 0.3) is 0 Å². The highest BCUT2D eigenvalue weighted by Gasteiger charge is 2.30. The van der Waals surface area contributed by atoms with Crippen molar-refractivity contribution in [2.24, 2.45) is 0 Å². The molecule has 0 unspecified atom stereocenters. The van der Waals surface area contributed by atoms with Gasteiger partial charge in [-0.3, -0.25) is 4.79 Å². The summed E-state index contributed by atoms with van der Waals surface area (Å²) in [5, 5.41) is 10.2. The fourth-order valence-electron chi connectivity index (χ4n) is 1.06. The van der Waals surface area contributed by atoms with Gasteiger partial charge in [0.05, 0.1) is 5.56 Å². The number of hydrogen-bond acceptors (Lipinski definition) is 2. The van der Waals surface area contributed by atoms with Crippen molar-refractivity contribution in [1.29, 1.82) is 0 Å². The van der Waals surface area contributed by atoms with Crippen LogP contribution in [0.3, 0.4) is 0 Å². The molecule has 0 aliphatic rings. The maximum Gasteiger partial charge on any atom is 0.416 e. The van der Waals surface area contributed by atoms with Gasteiger partial charge >= 0.3 is 6.18 Å². The van der Waals surface area contributed by atoms with Gasteiger partial charge in [0.15, 0.2) is 0 Å². The van der Waals surface area contributed by atoms with Gasteiger partial charge in [0.2, 0.25) is 0 Å². The Morgan fingerprint density at radius 1 is 1.41 bits per heavy atom. The van der Waals surface area contributed by atoms with Crippen LogP contribution in [0.2, 0.25) is 0 Å². The first kappa shape index (κ1) is 15.4. The quantitative estimate of drug-likeness (QED) is 0.846. The van der Waals surface area contributed by atoms with Crippen LogP contribution in [0.15, 0.2) is 24.3 Å². The van der Waals surface area contributed by atoms with Crippen LogP contribution in [-0.4, -0.2) is 18.1 Å². The van der Waals surface area contributed by atoms with Gasteiger partial charge in [0, 0.05) is 13.5 Å². The van der Waals surface area contributed by atoms with Crippen molar-refractivity contribution >= 4 is 5.97 Å². The molecule has 0 spiro atoms. The molecular formula is C11H14F3NO2. The van der Waals surface area contributed by atoms with E-state index in [0.29, 0.717) is 12.1 Å². The molecule has 0 atom stereocenters. The molecule has 0 saturated carbocycles. The van der Waals surface area contributed by atoms with E-state index in [9.17, 15) is 13.2 Å². The number of carboxylic acids is 1. The van der Waals surface area contributed by atoms with E-state index in [1.807, 2.05) is 0 Å². The average molecular weight is 249 g/mol. The zero-order chi connectivity index (χ0) is 13.5. The number of benzene rings is 1. The molecule has 17 heavy (non-hydrogen) atoms. The van der Waals surface area contributed by atoms with Gasteiger partial charge in [0.1, 0.15) is 0 Å². The van der Waals surface area contributed by atoms with Crippen molar-refractivity contribution in [3.8, 4) is 0 Å². The highest BCUT2D eigenvalue weighted by atomic mass is 19.4. The normalized spacial score (nSPS) is 10.4. The third-order valence-corrected chi connectivity index (χ3v) is 1.64. The van der Waals surface area contributed by atoms with E-state index in [-0.39, 0.29) is 0 Å². The molecule has 1 aromatic carbocycles. The average Bonchev–Trinajstić information content (AvgIpc) is 2.16. The summed E-state index contributed by atoms with van der Waals surface area (Å²) in [5.41, 5.74) is 0.0394. The second-order valence-electron chi connectivity index (χ2n) is 3.25. The van der Waals surface area contributed by atoms with Gasteiger partial charge in [-0.05, 0) is 18.7 Å². The number of carboxylic acid groups (broad SMARTS) is 1. The topological polar surface area (TPSA) is 49.3 Å². The third kappa shape index (κ3) is 7.35. The fraction of sp³-hybridized carbons (Fsp3) is 0.364. The molecule has 1 aromatic rings. The van der Waals surface area contributed by atoms with Crippen molar-refractivity contribution < 1.29 is 23.1 Å². The molecule has 0 saturated heterocycles. The molecule has 0 heterocycles. The van der Waals surface area contributed by atoms with Gasteiger partial charge in [-0.15, -0.1) is 0 Å². The molecule has 3 nitrogen and oxygen atoms in total. The summed E-state index contributed by atoms with van der Waals surface area (Å²) >= 11 is 0. The Balaban J connectivity index is 0.000000557. The van der Waals surface area contributed by atoms with E-state index in [2.05, 4.69) is 5.32 Å². The van der Waals surface area contributed by atoms with Crippen LogP contribution in [0.4, 0.5) is 13.2 Å². The molecule has 0 aliphatic heterocycles. The molecule has 0 aliphatic carbocycles. The van der Waals surface area contributed by atoms with Crippen molar-refractivity contribution in [3.05, 3.63) is 35.4 Å². The maximum absolute atomic E-state index is 12.2. The number of hydrogen-bond donors (Lipinski definition) is 2. The number of carbonyl (C=O) groups is 1. The Kier molecular flexibility index (Phi) is 6.27. The molecule has 0 bridgehead atoms. The first-order chi connectivity index (χ1) is 7.77. The smallest absolute Gasteiger partial charge is 0.416 e. The van der Waals surface area contributed by atoms with Gasteiger partial charge in [-0.25, -0.2) is 0 Å². The fourth-order valence-corrected chi connectivity index (χ4v) is 1.06. The SMILES string of the molecule is CC(=O)O.CNCc1cccc(C(F)(F)F)c1. The van der Waals surface area contributed by atoms with Crippen LogP contribution in [0, 0.1) is 0 Å². The second kappa shape index (κ2) is 6.90. The Labute approximate surface area is 97.3 Å². The first-order valence-corrected chi connectivity index (χ1v) is 4.77. The number of aliphatic carboxylic acids is 1. The Morgan fingerprint density at radius 2 is 1.94 bits per heavy atom. The van der Waals surface area contributed by atoms with E-state index in [0.717, 1.165) is 19.1 Å². The molecule has 0 fully saturated rings. The standard InChI is InChI=1S/C9H10F3N.C2H4O2/c1-13-6-7-3-2-4-8(5-7)9(10,11)12;1-2(3)4/h2-5,13H,6H2,1H3;1H3,(H,3,4). The van der Waals surface area contributed by atoms with Crippen LogP contribution in [-0.2, 0) is 17.5 Å². The van der Waals surface area contributed by atoms with E-state index < -0.39 is 17.7 Å². The summed E-state index contributed by atoms with van der Waals surface area (Å²) in [7, 11) is 1.69. The van der Waals surface area contributed by atoms with Crippen LogP contribution < -0.4 is 5.32 Å². The van der Waals surface area contributed by atoms with Gasteiger partial charge < -0.3 is 10.4 Å². The Bertz CT molecular complexity index is 360. The maximum atomic E-state index is 12.2. The lowest BCUT2D eigenvalue weighted by Gasteiger charge is -2.07. The van der Waals surface area contributed by atoms with Crippen molar-refractivity contribution in [3.63, 3.8) is 0 Å². The lowest BCUT2D eigenvalue weighted by atomic mass is 10.1. The van der Waals surface area contributed by atoms with Crippen molar-refractivity contribution in [2.45, 2.75) is 19.6 Å². The van der Waals surface area contributed by atoms with Gasteiger partial charge in [-0.2, -0.15) is 13.2 Å². The summed E-state index contributed by atoms with van der Waals surface area (Å²) < 4.78 is 36.6. The van der Waals surface area contributed by atoms with Crippen LogP contribution in [0.5, 0.6) is 0 Å². The summed E-state index contributed by atoms with van der Waals surface area (Å²) in [6.07, 6.45) is -4.25. The molecule has 1 rings (SSSR count). The summed E-state index contributed by atoms with van der Waals surface area (Å²) in [6, 6.07) is 5.29. The molecule has 0 aromatic heterocycles. The van der Waals surface area contributed by atoms with E-state index in [1.165, 1.54) is 6.07 Å². The summed E-state index contributed by atoms with van der Waals surface area (Å²) in [6.45, 7) is 1.53. The minimum Gasteiger partial charge on any atom is -0.481 e. The number of nitrogens with one attached hydrogen (secondary N) is 1. The monoisotopic (exact) mass is 249 g/mol. The molecule has 6 heteroatoms. The molecule has 0 radical (unpaired) electrons. The lowest BCUT2D eigenvalue weighted by molar-refractivity contribution is -0.137. The van der Waals surface area contributed by atoms with Gasteiger partial charge in [-0.1, -0.05) is 18.2 Å². The highest BCUT2D eigenvalue weighted by molar-refractivity contribution is 5.62. The third-order valence-electron chi connectivity index (χ3n) is 1.64. The first-order valence-electron chi connectivity index (χ1n) is 4.77. The predicted molar refractivity (Wildman–Crippen MR) is 57.5 cm³/mol. The Hall–Kier alpha value is -1.56. The van der Waals surface area contributed by atoms with Crippen LogP contribution in [0.1, 0.15) is 18.1 Å². The highest BCUT2D eigenvalue weighted by Crippen LogP contribution is 2.29. The van der Waals surface area contributed by atoms with Crippen LogP contribution >= 0.6 is 0 Å². The lowest BCUT2D eigenvalue weighted by Crippen LogP contribution is -2.08. The molecular weight excluding hydrogens is 235 g/mol. The van der Waals surface area contributed by atoms with E-state index >= 15 is 0 Å². The number of halogens is 3. The predicted octanol–water partition coefficient (Wildman–Crippen LogP) is 2.52. The van der Waals surface area contributed by atoms with Crippen molar-refractivity contribution in [2.75, 3.05) is 7.05 Å². The van der Waals surface area contributed by atoms with Crippen molar-refractivity contribution in [1.82, 2.24) is 5.32 Å². The number of alkyl halides is 3.